The molecule has 0 bridgehead atoms. The van der Waals surface area contributed by atoms with E-state index in [9.17, 15) is 4.79 Å². The van der Waals surface area contributed by atoms with Gasteiger partial charge < -0.3 is 10.1 Å². The molecule has 110 valence electrons. The standard InChI is InChI=1S/C16H13N3O2S/c1-11-15(22-10-18-11)16(20)19-13-9-17-8-7-14(13)21-12-5-3-2-4-6-12/h2-10H,1H3,(H,19,20). The van der Waals surface area contributed by atoms with Gasteiger partial charge in [0.2, 0.25) is 0 Å². The number of carbonyl (C=O) groups excluding carboxylic acids is 1. The Kier molecular flexibility index (Phi) is 4.11. The molecule has 0 saturated heterocycles. The average molecular weight is 311 g/mol. The summed E-state index contributed by atoms with van der Waals surface area (Å²) in [7, 11) is 0. The van der Waals surface area contributed by atoms with Crippen molar-refractivity contribution in [3.05, 3.63) is 64.9 Å². The van der Waals surface area contributed by atoms with Crippen LogP contribution in [0.25, 0.3) is 0 Å². The van der Waals surface area contributed by atoms with E-state index in [-0.39, 0.29) is 5.91 Å². The zero-order valence-electron chi connectivity index (χ0n) is 11.8. The molecule has 3 aromatic rings. The highest BCUT2D eigenvalue weighted by Crippen LogP contribution is 2.29. The minimum absolute atomic E-state index is 0.217. The molecular weight excluding hydrogens is 298 g/mol. The zero-order valence-corrected chi connectivity index (χ0v) is 12.6. The van der Waals surface area contributed by atoms with Crippen LogP contribution in [0.1, 0.15) is 15.4 Å². The van der Waals surface area contributed by atoms with Crippen LogP contribution in [-0.4, -0.2) is 15.9 Å². The predicted molar refractivity (Wildman–Crippen MR) is 85.6 cm³/mol. The van der Waals surface area contributed by atoms with Crippen molar-refractivity contribution in [1.82, 2.24) is 9.97 Å². The Labute approximate surface area is 131 Å². The van der Waals surface area contributed by atoms with E-state index in [4.69, 9.17) is 4.74 Å². The van der Waals surface area contributed by atoms with Gasteiger partial charge in [-0.3, -0.25) is 9.78 Å². The number of hydrogen-bond acceptors (Lipinski definition) is 5. The van der Waals surface area contributed by atoms with E-state index in [1.54, 1.807) is 30.9 Å². The first-order valence-corrected chi connectivity index (χ1v) is 7.50. The van der Waals surface area contributed by atoms with Crippen LogP contribution < -0.4 is 10.1 Å². The summed E-state index contributed by atoms with van der Waals surface area (Å²) in [5.41, 5.74) is 2.87. The van der Waals surface area contributed by atoms with Gasteiger partial charge in [-0.25, -0.2) is 4.98 Å². The van der Waals surface area contributed by atoms with Gasteiger partial charge in [-0.05, 0) is 19.1 Å². The van der Waals surface area contributed by atoms with Crippen molar-refractivity contribution in [3.63, 3.8) is 0 Å². The molecule has 0 unspecified atom stereocenters. The topological polar surface area (TPSA) is 64.1 Å². The van der Waals surface area contributed by atoms with Crippen molar-refractivity contribution in [2.75, 3.05) is 5.32 Å². The Bertz CT molecular complexity index is 787. The molecule has 1 aromatic carbocycles. The summed E-state index contributed by atoms with van der Waals surface area (Å²) >= 11 is 1.30. The van der Waals surface area contributed by atoms with Crippen molar-refractivity contribution in [3.8, 4) is 11.5 Å². The van der Waals surface area contributed by atoms with E-state index in [2.05, 4.69) is 15.3 Å². The molecule has 0 atom stereocenters. The number of aryl methyl sites for hydroxylation is 1. The highest BCUT2D eigenvalue weighted by Gasteiger charge is 2.14. The van der Waals surface area contributed by atoms with Crippen LogP contribution in [0.15, 0.2) is 54.3 Å². The maximum absolute atomic E-state index is 12.3. The van der Waals surface area contributed by atoms with E-state index in [1.807, 2.05) is 30.3 Å². The highest BCUT2D eigenvalue weighted by atomic mass is 32.1. The molecule has 1 amide bonds. The van der Waals surface area contributed by atoms with Gasteiger partial charge in [0.15, 0.2) is 5.75 Å². The monoisotopic (exact) mass is 311 g/mol. The second-order valence-electron chi connectivity index (χ2n) is 4.51. The van der Waals surface area contributed by atoms with Gasteiger partial charge in [0.25, 0.3) is 5.91 Å². The first kappa shape index (κ1) is 14.2. The van der Waals surface area contributed by atoms with Crippen LogP contribution >= 0.6 is 11.3 Å². The molecule has 5 nitrogen and oxygen atoms in total. The van der Waals surface area contributed by atoms with E-state index >= 15 is 0 Å². The number of carbonyl (C=O) groups is 1. The van der Waals surface area contributed by atoms with Crippen molar-refractivity contribution in [2.24, 2.45) is 0 Å². The van der Waals surface area contributed by atoms with Gasteiger partial charge >= 0.3 is 0 Å². The lowest BCUT2D eigenvalue weighted by Crippen LogP contribution is -2.12. The molecule has 0 aliphatic heterocycles. The number of nitrogens with zero attached hydrogens (tertiary/aromatic N) is 2. The SMILES string of the molecule is Cc1ncsc1C(=O)Nc1cnccc1Oc1ccccc1. The van der Waals surface area contributed by atoms with E-state index in [1.165, 1.54) is 11.3 Å². The largest absolute Gasteiger partial charge is 0.455 e. The van der Waals surface area contributed by atoms with Crippen LogP contribution in [-0.2, 0) is 0 Å². The summed E-state index contributed by atoms with van der Waals surface area (Å²) in [5, 5.41) is 2.82. The van der Waals surface area contributed by atoms with Gasteiger partial charge in [-0.1, -0.05) is 18.2 Å². The van der Waals surface area contributed by atoms with Crippen LogP contribution in [0.2, 0.25) is 0 Å². The molecule has 22 heavy (non-hydrogen) atoms. The number of hydrogen-bond donors (Lipinski definition) is 1. The minimum Gasteiger partial charge on any atom is -0.455 e. The van der Waals surface area contributed by atoms with Crippen molar-refractivity contribution in [1.29, 1.82) is 0 Å². The maximum atomic E-state index is 12.3. The Hall–Kier alpha value is -2.73. The quantitative estimate of drug-likeness (QED) is 0.794. The lowest BCUT2D eigenvalue weighted by molar-refractivity contribution is 0.102. The van der Waals surface area contributed by atoms with E-state index < -0.39 is 0 Å². The Morgan fingerprint density at radius 1 is 1.23 bits per heavy atom. The third-order valence-corrected chi connectivity index (χ3v) is 3.88. The number of para-hydroxylation sites is 1. The Morgan fingerprint density at radius 3 is 2.77 bits per heavy atom. The second kappa shape index (κ2) is 6.36. The number of anilines is 1. The number of thiazole rings is 1. The van der Waals surface area contributed by atoms with Crippen LogP contribution in [0.4, 0.5) is 5.69 Å². The molecule has 0 fully saturated rings. The maximum Gasteiger partial charge on any atom is 0.267 e. The minimum atomic E-state index is -0.217. The molecule has 0 radical (unpaired) electrons. The van der Waals surface area contributed by atoms with Gasteiger partial charge in [0.1, 0.15) is 16.3 Å². The van der Waals surface area contributed by atoms with Crippen LogP contribution in [0, 0.1) is 6.92 Å². The number of rotatable bonds is 4. The number of nitrogens with one attached hydrogen (secondary N) is 1. The van der Waals surface area contributed by atoms with Crippen molar-refractivity contribution < 1.29 is 9.53 Å². The number of aromatic nitrogens is 2. The third kappa shape index (κ3) is 3.12. The van der Waals surface area contributed by atoms with Gasteiger partial charge in [-0.15, -0.1) is 11.3 Å². The summed E-state index contributed by atoms with van der Waals surface area (Å²) in [4.78, 5) is 21.0. The van der Waals surface area contributed by atoms with Gasteiger partial charge in [0, 0.05) is 12.3 Å². The zero-order chi connectivity index (χ0) is 15.4. The summed E-state index contributed by atoms with van der Waals surface area (Å²) in [6.45, 7) is 1.80. The fourth-order valence-electron chi connectivity index (χ4n) is 1.88. The molecule has 2 heterocycles. The fourth-order valence-corrected chi connectivity index (χ4v) is 2.58. The first-order valence-electron chi connectivity index (χ1n) is 6.62. The number of ether oxygens (including phenoxy) is 1. The molecule has 3 rings (SSSR count). The average Bonchev–Trinajstić information content (AvgIpc) is 2.96. The van der Waals surface area contributed by atoms with Crippen LogP contribution in [0.5, 0.6) is 11.5 Å². The van der Waals surface area contributed by atoms with E-state index in [0.29, 0.717) is 27.8 Å². The fraction of sp³-hybridized carbons (Fsp3) is 0.0625. The van der Waals surface area contributed by atoms with Crippen LogP contribution in [0.3, 0.4) is 0 Å². The lowest BCUT2D eigenvalue weighted by atomic mass is 10.3. The molecule has 2 aromatic heterocycles. The molecule has 1 N–H and O–H groups in total. The molecule has 6 heteroatoms. The second-order valence-corrected chi connectivity index (χ2v) is 5.36. The van der Waals surface area contributed by atoms with E-state index in [0.717, 1.165) is 0 Å². The van der Waals surface area contributed by atoms with Gasteiger partial charge in [0.05, 0.1) is 17.4 Å². The molecule has 0 spiro atoms. The molecule has 0 aliphatic rings. The predicted octanol–water partition coefficient (Wildman–Crippen LogP) is 3.89. The summed E-state index contributed by atoms with van der Waals surface area (Å²) < 4.78 is 5.79. The Morgan fingerprint density at radius 2 is 2.05 bits per heavy atom. The third-order valence-electron chi connectivity index (χ3n) is 2.95. The highest BCUT2D eigenvalue weighted by molar-refractivity contribution is 7.12. The summed E-state index contributed by atoms with van der Waals surface area (Å²) in [6, 6.07) is 11.1. The number of pyridine rings is 1. The lowest BCUT2D eigenvalue weighted by Gasteiger charge is -2.11. The van der Waals surface area contributed by atoms with Crippen molar-refractivity contribution >= 4 is 22.9 Å². The van der Waals surface area contributed by atoms with Crippen molar-refractivity contribution in [2.45, 2.75) is 6.92 Å². The Balaban J connectivity index is 1.83. The molecule has 0 saturated carbocycles. The normalized spacial score (nSPS) is 10.2. The molecule has 0 aliphatic carbocycles. The number of benzene rings is 1. The number of amides is 1. The first-order chi connectivity index (χ1) is 10.7. The molecular formula is C16H13N3O2S. The summed E-state index contributed by atoms with van der Waals surface area (Å²) in [6.07, 6.45) is 3.18. The smallest absolute Gasteiger partial charge is 0.267 e. The summed E-state index contributed by atoms with van der Waals surface area (Å²) in [5.74, 6) is 1.01. The van der Waals surface area contributed by atoms with Gasteiger partial charge in [-0.2, -0.15) is 0 Å².